The quantitative estimate of drug-likeness (QED) is 0.720. The molecule has 0 bridgehead atoms. The molecule has 1 aliphatic rings. The fourth-order valence-electron chi connectivity index (χ4n) is 1.52. The maximum Gasteiger partial charge on any atom is 0.248 e. The lowest BCUT2D eigenvalue weighted by Crippen LogP contribution is -2.44. The Labute approximate surface area is 78.9 Å². The first kappa shape index (κ1) is 10.9. The normalized spacial score (nSPS) is 24.5. The van der Waals surface area contributed by atoms with Crippen molar-refractivity contribution < 1.29 is 8.78 Å². The molecule has 1 aliphatic carbocycles. The van der Waals surface area contributed by atoms with Gasteiger partial charge in [0.15, 0.2) is 0 Å². The van der Waals surface area contributed by atoms with Crippen LogP contribution in [0.1, 0.15) is 33.6 Å². The molecule has 1 atom stereocenters. The topological polar surface area (TPSA) is 12.0 Å². The predicted molar refractivity (Wildman–Crippen MR) is 50.0 cm³/mol. The van der Waals surface area contributed by atoms with E-state index in [0.29, 0.717) is 12.0 Å². The van der Waals surface area contributed by atoms with E-state index < -0.39 is 5.92 Å². The van der Waals surface area contributed by atoms with Crippen LogP contribution in [0, 0.1) is 11.8 Å². The number of rotatable bonds is 4. The Morgan fingerprint density at radius 1 is 1.31 bits per heavy atom. The van der Waals surface area contributed by atoms with Crippen molar-refractivity contribution in [2.24, 2.45) is 11.8 Å². The minimum absolute atomic E-state index is 0.0742. The van der Waals surface area contributed by atoms with Crippen LogP contribution in [0.25, 0.3) is 0 Å². The highest BCUT2D eigenvalue weighted by Gasteiger charge is 2.44. The maximum atomic E-state index is 12.4. The average molecular weight is 191 g/mol. The third-order valence-electron chi connectivity index (χ3n) is 2.90. The number of nitrogens with one attached hydrogen (secondary N) is 1. The van der Waals surface area contributed by atoms with Crippen LogP contribution in [0.2, 0.25) is 0 Å². The van der Waals surface area contributed by atoms with Crippen molar-refractivity contribution in [3.05, 3.63) is 0 Å². The third-order valence-corrected chi connectivity index (χ3v) is 2.90. The van der Waals surface area contributed by atoms with E-state index >= 15 is 0 Å². The van der Waals surface area contributed by atoms with Gasteiger partial charge in [-0.3, -0.25) is 0 Å². The van der Waals surface area contributed by atoms with Crippen LogP contribution in [0.15, 0.2) is 0 Å². The van der Waals surface area contributed by atoms with Gasteiger partial charge >= 0.3 is 0 Å². The monoisotopic (exact) mass is 191 g/mol. The van der Waals surface area contributed by atoms with Gasteiger partial charge in [0.05, 0.1) is 0 Å². The Morgan fingerprint density at radius 3 is 2.23 bits per heavy atom. The van der Waals surface area contributed by atoms with Crippen LogP contribution in [-0.2, 0) is 0 Å². The Hall–Kier alpha value is -0.180. The molecule has 1 saturated carbocycles. The van der Waals surface area contributed by atoms with Crippen molar-refractivity contribution in [1.82, 2.24) is 5.32 Å². The van der Waals surface area contributed by atoms with E-state index in [2.05, 4.69) is 26.1 Å². The van der Waals surface area contributed by atoms with Crippen molar-refractivity contribution in [2.75, 3.05) is 6.54 Å². The van der Waals surface area contributed by atoms with Crippen molar-refractivity contribution in [2.45, 2.75) is 45.6 Å². The second-order valence-corrected chi connectivity index (χ2v) is 4.57. The van der Waals surface area contributed by atoms with E-state index in [9.17, 15) is 8.78 Å². The van der Waals surface area contributed by atoms with Gasteiger partial charge in [0.25, 0.3) is 0 Å². The van der Waals surface area contributed by atoms with Crippen molar-refractivity contribution >= 4 is 0 Å². The van der Waals surface area contributed by atoms with Gasteiger partial charge in [0.1, 0.15) is 0 Å². The van der Waals surface area contributed by atoms with Gasteiger partial charge in [-0.2, -0.15) is 0 Å². The highest BCUT2D eigenvalue weighted by molar-refractivity contribution is 4.87. The zero-order chi connectivity index (χ0) is 10.1. The molecular weight excluding hydrogens is 172 g/mol. The SMILES string of the molecule is CC(C)C(C)NCC1CC(F)(F)C1. The fourth-order valence-corrected chi connectivity index (χ4v) is 1.52. The first-order valence-electron chi connectivity index (χ1n) is 5.02. The standard InChI is InChI=1S/C10H19F2N/c1-7(2)8(3)13-6-9-4-10(11,12)5-9/h7-9,13H,4-6H2,1-3H3. The molecule has 0 heterocycles. The lowest BCUT2D eigenvalue weighted by Gasteiger charge is -2.36. The molecule has 13 heavy (non-hydrogen) atoms. The van der Waals surface area contributed by atoms with Crippen LogP contribution >= 0.6 is 0 Å². The van der Waals surface area contributed by atoms with Crippen LogP contribution in [-0.4, -0.2) is 18.5 Å². The summed E-state index contributed by atoms with van der Waals surface area (Å²) in [7, 11) is 0. The first-order valence-corrected chi connectivity index (χ1v) is 5.02. The molecule has 0 aromatic rings. The molecular formula is C10H19F2N. The second kappa shape index (κ2) is 3.91. The molecule has 3 heteroatoms. The van der Waals surface area contributed by atoms with Gasteiger partial charge < -0.3 is 5.32 Å². The minimum Gasteiger partial charge on any atom is -0.314 e. The summed E-state index contributed by atoms with van der Waals surface area (Å²) in [4.78, 5) is 0. The summed E-state index contributed by atoms with van der Waals surface area (Å²) < 4.78 is 24.9. The lowest BCUT2D eigenvalue weighted by molar-refractivity contribution is -0.109. The van der Waals surface area contributed by atoms with Gasteiger partial charge in [-0.05, 0) is 25.3 Å². The molecule has 1 N–H and O–H groups in total. The molecule has 0 aromatic carbocycles. The van der Waals surface area contributed by atoms with Gasteiger partial charge in [-0.1, -0.05) is 13.8 Å². The van der Waals surface area contributed by atoms with Crippen LogP contribution in [0.5, 0.6) is 0 Å². The van der Waals surface area contributed by atoms with E-state index in [0.717, 1.165) is 6.54 Å². The molecule has 1 fully saturated rings. The van der Waals surface area contributed by atoms with Gasteiger partial charge in [-0.15, -0.1) is 0 Å². The van der Waals surface area contributed by atoms with Crippen molar-refractivity contribution in [3.8, 4) is 0 Å². The van der Waals surface area contributed by atoms with E-state index in [-0.39, 0.29) is 18.8 Å². The summed E-state index contributed by atoms with van der Waals surface area (Å²) >= 11 is 0. The Kier molecular flexibility index (Phi) is 3.28. The van der Waals surface area contributed by atoms with Gasteiger partial charge in [-0.25, -0.2) is 8.78 Å². The molecule has 0 radical (unpaired) electrons. The molecule has 0 saturated heterocycles. The summed E-state index contributed by atoms with van der Waals surface area (Å²) in [6.07, 6.45) is 0.148. The average Bonchev–Trinajstić information content (AvgIpc) is 1.95. The molecule has 1 unspecified atom stereocenters. The van der Waals surface area contributed by atoms with E-state index in [1.807, 2.05) is 0 Å². The fraction of sp³-hybridized carbons (Fsp3) is 1.00. The van der Waals surface area contributed by atoms with E-state index in [1.54, 1.807) is 0 Å². The third kappa shape index (κ3) is 3.22. The largest absolute Gasteiger partial charge is 0.314 e. The predicted octanol–water partition coefficient (Wildman–Crippen LogP) is 2.67. The van der Waals surface area contributed by atoms with Crippen LogP contribution in [0.4, 0.5) is 8.78 Å². The highest BCUT2D eigenvalue weighted by Crippen LogP contribution is 2.41. The number of halogens is 2. The maximum absolute atomic E-state index is 12.4. The Balaban J connectivity index is 2.09. The molecule has 0 spiro atoms. The zero-order valence-corrected chi connectivity index (χ0v) is 8.61. The second-order valence-electron chi connectivity index (χ2n) is 4.57. The summed E-state index contributed by atoms with van der Waals surface area (Å²) in [6.45, 7) is 7.11. The smallest absolute Gasteiger partial charge is 0.248 e. The summed E-state index contributed by atoms with van der Waals surface area (Å²) in [6, 6.07) is 0.425. The van der Waals surface area contributed by atoms with E-state index in [1.165, 1.54) is 0 Å². The zero-order valence-electron chi connectivity index (χ0n) is 8.61. The van der Waals surface area contributed by atoms with Crippen LogP contribution < -0.4 is 5.32 Å². The first-order chi connectivity index (χ1) is 5.91. The Morgan fingerprint density at radius 2 is 1.85 bits per heavy atom. The number of alkyl halides is 2. The van der Waals surface area contributed by atoms with Crippen molar-refractivity contribution in [3.63, 3.8) is 0 Å². The lowest BCUT2D eigenvalue weighted by atomic mass is 9.81. The van der Waals surface area contributed by atoms with Gasteiger partial charge in [0.2, 0.25) is 5.92 Å². The highest BCUT2D eigenvalue weighted by atomic mass is 19.3. The van der Waals surface area contributed by atoms with Crippen LogP contribution in [0.3, 0.4) is 0 Å². The summed E-state index contributed by atoms with van der Waals surface area (Å²) in [5.74, 6) is -1.61. The molecule has 1 nitrogen and oxygen atoms in total. The molecule has 0 aromatic heterocycles. The summed E-state index contributed by atoms with van der Waals surface area (Å²) in [5.41, 5.74) is 0. The number of hydrogen-bond acceptors (Lipinski definition) is 1. The molecule has 0 aliphatic heterocycles. The Bertz CT molecular complexity index is 160. The van der Waals surface area contributed by atoms with E-state index in [4.69, 9.17) is 0 Å². The summed E-state index contributed by atoms with van der Waals surface area (Å²) in [5, 5.41) is 3.29. The molecule has 0 amide bonds. The number of hydrogen-bond donors (Lipinski definition) is 1. The molecule has 1 rings (SSSR count). The minimum atomic E-state index is -2.37. The van der Waals surface area contributed by atoms with Gasteiger partial charge in [0, 0.05) is 18.9 Å². The molecule has 78 valence electrons. The van der Waals surface area contributed by atoms with Crippen molar-refractivity contribution in [1.29, 1.82) is 0 Å².